The van der Waals surface area contributed by atoms with Crippen molar-refractivity contribution >= 4 is 33.9 Å². The van der Waals surface area contributed by atoms with Crippen LogP contribution in [0.15, 0.2) is 43.2 Å². The van der Waals surface area contributed by atoms with Gasteiger partial charge in [-0.15, -0.1) is 11.3 Å². The van der Waals surface area contributed by atoms with E-state index in [1.165, 1.54) is 15.1 Å². The summed E-state index contributed by atoms with van der Waals surface area (Å²) in [5.41, 5.74) is 6.52. The molecule has 3 rings (SSSR count). The van der Waals surface area contributed by atoms with Gasteiger partial charge in [0.1, 0.15) is 5.75 Å². The molecule has 2 aromatic heterocycles. The number of rotatable bonds is 3. The Morgan fingerprint density at radius 3 is 2.48 bits per heavy atom. The van der Waals surface area contributed by atoms with Crippen LogP contribution in [0.2, 0.25) is 0 Å². The maximum atomic E-state index is 8.58. The van der Waals surface area contributed by atoms with Crippen molar-refractivity contribution in [1.82, 2.24) is 4.98 Å². The molecular weight excluding hydrogens is 308 g/mol. The highest BCUT2D eigenvalue weighted by Crippen LogP contribution is 2.37. The minimum atomic E-state index is 0.250. The Hall–Kier alpha value is -2.66. The number of carbonyl (C=O) groups excluding carboxylic acids is 1. The average Bonchev–Trinajstić information content (AvgIpc) is 2.85. The summed E-state index contributed by atoms with van der Waals surface area (Å²) in [6.07, 6.45) is 5.75. The first-order chi connectivity index (χ1) is 11.1. The highest BCUT2D eigenvalue weighted by Gasteiger charge is 2.11. The second-order valence-corrected chi connectivity index (χ2v) is 6.06. The lowest BCUT2D eigenvalue weighted by Crippen LogP contribution is -1.87. The van der Waals surface area contributed by atoms with Gasteiger partial charge in [0.2, 0.25) is 6.41 Å². The van der Waals surface area contributed by atoms with Crippen LogP contribution in [-0.2, 0) is 4.79 Å². The molecule has 2 N–H and O–H groups in total. The Morgan fingerprint density at radius 1 is 1.22 bits per heavy atom. The first-order valence-corrected chi connectivity index (χ1v) is 7.81. The summed E-state index contributed by atoms with van der Waals surface area (Å²) in [6.45, 7) is 8.00. The monoisotopic (exact) mass is 326 g/mol. The number of carbonyl (C=O) groups is 1. The van der Waals surface area contributed by atoms with Crippen LogP contribution in [-0.4, -0.2) is 11.4 Å². The van der Waals surface area contributed by atoms with Gasteiger partial charge in [-0.1, -0.05) is 24.8 Å². The summed E-state index contributed by atoms with van der Waals surface area (Å²) in [4.78, 5) is 14.2. The Kier molecular flexibility index (Phi) is 5.49. The minimum absolute atomic E-state index is 0.250. The van der Waals surface area contributed by atoms with Gasteiger partial charge in [0.15, 0.2) is 5.75 Å². The van der Waals surface area contributed by atoms with Crippen molar-refractivity contribution in [3.05, 3.63) is 59.2 Å². The van der Waals surface area contributed by atoms with Gasteiger partial charge in [0, 0.05) is 16.5 Å². The topological polar surface area (TPSA) is 65.2 Å². The second-order valence-electron chi connectivity index (χ2n) is 4.81. The molecule has 0 fully saturated rings. The molecule has 4 nitrogen and oxygen atoms in total. The number of nitrogens with two attached hydrogens (primary N) is 1. The van der Waals surface area contributed by atoms with E-state index < -0.39 is 0 Å². The van der Waals surface area contributed by atoms with E-state index in [2.05, 4.69) is 31.1 Å². The Morgan fingerprint density at radius 2 is 1.87 bits per heavy atom. The van der Waals surface area contributed by atoms with Gasteiger partial charge in [-0.05, 0) is 37.1 Å². The number of amides is 1. The first-order valence-electron chi connectivity index (χ1n) is 7.00. The molecule has 0 aliphatic heterocycles. The number of pyridine rings is 1. The van der Waals surface area contributed by atoms with Crippen molar-refractivity contribution in [2.24, 2.45) is 5.73 Å². The van der Waals surface area contributed by atoms with Gasteiger partial charge < -0.3 is 10.5 Å². The number of aryl methyl sites for hydroxylation is 2. The molecule has 0 bridgehead atoms. The fourth-order valence-electron chi connectivity index (χ4n) is 2.16. The third kappa shape index (κ3) is 3.76. The lowest BCUT2D eigenvalue weighted by atomic mass is 10.2. The largest absolute Gasteiger partial charge is 0.455 e. The molecule has 0 atom stereocenters. The van der Waals surface area contributed by atoms with Crippen LogP contribution in [0.5, 0.6) is 11.5 Å². The fourth-order valence-corrected chi connectivity index (χ4v) is 3.22. The number of benzene rings is 1. The van der Waals surface area contributed by atoms with Crippen LogP contribution >= 0.6 is 11.3 Å². The van der Waals surface area contributed by atoms with Crippen molar-refractivity contribution < 1.29 is 9.53 Å². The molecule has 5 heteroatoms. The smallest absolute Gasteiger partial charge is 0.204 e. The molecule has 0 aliphatic carbocycles. The Labute approximate surface area is 139 Å². The Balaban J connectivity index is 0.000000595. The molecule has 0 saturated heterocycles. The zero-order valence-electron chi connectivity index (χ0n) is 13.1. The highest BCUT2D eigenvalue weighted by atomic mass is 32.1. The summed E-state index contributed by atoms with van der Waals surface area (Å²) >= 11 is 1.75. The van der Waals surface area contributed by atoms with Crippen molar-refractivity contribution in [3.8, 4) is 11.5 Å². The SMILES string of the molecule is C=Cc1ccc(Oc2cncc3sc(C)c(C)c23)cc1.NC=O. The summed E-state index contributed by atoms with van der Waals surface area (Å²) in [5, 5.41) is 1.16. The van der Waals surface area contributed by atoms with E-state index in [-0.39, 0.29) is 6.41 Å². The molecule has 3 aromatic rings. The molecular formula is C18H18N2O2S. The van der Waals surface area contributed by atoms with E-state index in [0.717, 1.165) is 22.4 Å². The molecule has 0 unspecified atom stereocenters. The quantitative estimate of drug-likeness (QED) is 0.723. The fraction of sp³-hybridized carbons (Fsp3) is 0.111. The summed E-state index contributed by atoms with van der Waals surface area (Å²) < 4.78 is 7.16. The van der Waals surface area contributed by atoms with Crippen molar-refractivity contribution in [2.75, 3.05) is 0 Å². The number of hydrogen-bond donors (Lipinski definition) is 1. The normalized spacial score (nSPS) is 9.83. The van der Waals surface area contributed by atoms with E-state index in [0.29, 0.717) is 0 Å². The highest BCUT2D eigenvalue weighted by molar-refractivity contribution is 7.19. The summed E-state index contributed by atoms with van der Waals surface area (Å²) in [6, 6.07) is 7.87. The minimum Gasteiger partial charge on any atom is -0.455 e. The molecule has 1 aromatic carbocycles. The van der Waals surface area contributed by atoms with Gasteiger partial charge in [-0.25, -0.2) is 0 Å². The number of aromatic nitrogens is 1. The average molecular weight is 326 g/mol. The summed E-state index contributed by atoms with van der Waals surface area (Å²) in [7, 11) is 0. The number of nitrogens with zero attached hydrogens (tertiary/aromatic N) is 1. The third-order valence-electron chi connectivity index (χ3n) is 3.39. The number of thiophene rings is 1. The molecule has 0 aliphatic rings. The molecule has 2 heterocycles. The van der Waals surface area contributed by atoms with E-state index in [4.69, 9.17) is 9.53 Å². The molecule has 0 radical (unpaired) electrons. The van der Waals surface area contributed by atoms with E-state index in [1.807, 2.05) is 36.5 Å². The molecule has 23 heavy (non-hydrogen) atoms. The van der Waals surface area contributed by atoms with Crippen LogP contribution in [0.3, 0.4) is 0 Å². The first kappa shape index (κ1) is 16.7. The lowest BCUT2D eigenvalue weighted by molar-refractivity contribution is -0.106. The standard InChI is InChI=1S/C17H15NOS.CH3NO/c1-4-13-5-7-14(8-6-13)19-15-9-18-10-16-17(15)11(2)12(3)20-16;2-1-3/h4-10H,1H2,2-3H3;1H,(H2,2,3). The van der Waals surface area contributed by atoms with Crippen molar-refractivity contribution in [2.45, 2.75) is 13.8 Å². The zero-order valence-corrected chi connectivity index (χ0v) is 13.9. The van der Waals surface area contributed by atoms with E-state index in [9.17, 15) is 0 Å². The predicted octanol–water partition coefficient (Wildman–Crippen LogP) is 4.45. The third-order valence-corrected chi connectivity index (χ3v) is 4.53. The van der Waals surface area contributed by atoms with Gasteiger partial charge >= 0.3 is 0 Å². The molecule has 1 amide bonds. The summed E-state index contributed by atoms with van der Waals surface area (Å²) in [5.74, 6) is 1.63. The predicted molar refractivity (Wildman–Crippen MR) is 96.0 cm³/mol. The number of fused-ring (bicyclic) bond motifs is 1. The van der Waals surface area contributed by atoms with Crippen LogP contribution in [0, 0.1) is 13.8 Å². The van der Waals surface area contributed by atoms with Crippen LogP contribution in [0.25, 0.3) is 16.2 Å². The van der Waals surface area contributed by atoms with Crippen LogP contribution in [0.4, 0.5) is 0 Å². The maximum absolute atomic E-state index is 8.58. The van der Waals surface area contributed by atoms with E-state index >= 15 is 0 Å². The van der Waals surface area contributed by atoms with Gasteiger partial charge in [-0.2, -0.15) is 0 Å². The second kappa shape index (κ2) is 7.56. The van der Waals surface area contributed by atoms with Crippen LogP contribution < -0.4 is 10.5 Å². The maximum Gasteiger partial charge on any atom is 0.204 e. The van der Waals surface area contributed by atoms with Gasteiger partial charge in [0.05, 0.1) is 10.9 Å². The Bertz CT molecular complexity index is 823. The van der Waals surface area contributed by atoms with Crippen molar-refractivity contribution in [3.63, 3.8) is 0 Å². The van der Waals surface area contributed by atoms with Gasteiger partial charge in [-0.3, -0.25) is 9.78 Å². The molecule has 0 spiro atoms. The number of ether oxygens (including phenoxy) is 1. The van der Waals surface area contributed by atoms with E-state index in [1.54, 1.807) is 17.5 Å². The lowest BCUT2D eigenvalue weighted by Gasteiger charge is -2.07. The number of hydrogen-bond acceptors (Lipinski definition) is 4. The molecule has 0 saturated carbocycles. The van der Waals surface area contributed by atoms with Crippen LogP contribution in [0.1, 0.15) is 16.0 Å². The number of primary amides is 1. The van der Waals surface area contributed by atoms with Gasteiger partial charge in [0.25, 0.3) is 0 Å². The van der Waals surface area contributed by atoms with Crippen molar-refractivity contribution in [1.29, 1.82) is 0 Å². The zero-order chi connectivity index (χ0) is 16.8. The molecule has 118 valence electrons.